The summed E-state index contributed by atoms with van der Waals surface area (Å²) < 4.78 is 5.46. The molecule has 1 aromatic carbocycles. The summed E-state index contributed by atoms with van der Waals surface area (Å²) in [6, 6.07) is 6.49. The first-order chi connectivity index (χ1) is 8.40. The molecule has 1 atom stereocenters. The predicted molar refractivity (Wildman–Crippen MR) is 78.2 cm³/mol. The summed E-state index contributed by atoms with van der Waals surface area (Å²) in [7, 11) is 1.73. The average molecular weight is 244 g/mol. The van der Waals surface area contributed by atoms with Crippen molar-refractivity contribution in [1.29, 1.82) is 0 Å². The maximum absolute atomic E-state index is 5.46. The molecule has 0 N–H and O–H groups in total. The molecule has 0 radical (unpaired) electrons. The molecule has 1 rings (SSSR count). The second-order valence-electron chi connectivity index (χ2n) is 5.74. The van der Waals surface area contributed by atoms with Crippen LogP contribution in [0.3, 0.4) is 0 Å². The van der Waals surface area contributed by atoms with E-state index in [4.69, 9.17) is 4.74 Å². The number of rotatable bonds is 3. The van der Waals surface area contributed by atoms with Crippen molar-refractivity contribution in [1.82, 2.24) is 0 Å². The van der Waals surface area contributed by atoms with Crippen molar-refractivity contribution in [3.8, 4) is 17.6 Å². The lowest BCUT2D eigenvalue weighted by Crippen LogP contribution is -2.13. The first-order valence-electron chi connectivity index (χ1n) is 6.48. The molecule has 0 aliphatic carbocycles. The Kier molecular flexibility index (Phi) is 4.84. The lowest BCUT2D eigenvalue weighted by atomic mass is 9.83. The number of benzene rings is 1. The van der Waals surface area contributed by atoms with Crippen molar-refractivity contribution in [2.24, 2.45) is 0 Å². The number of methoxy groups -OCH3 is 1. The van der Waals surface area contributed by atoms with Crippen molar-refractivity contribution in [3.63, 3.8) is 0 Å². The molecule has 0 saturated carbocycles. The van der Waals surface area contributed by atoms with E-state index in [1.807, 2.05) is 6.92 Å². The summed E-state index contributed by atoms with van der Waals surface area (Å²) in [4.78, 5) is 0. The van der Waals surface area contributed by atoms with E-state index in [0.29, 0.717) is 5.92 Å². The van der Waals surface area contributed by atoms with Gasteiger partial charge in [0.15, 0.2) is 0 Å². The molecule has 0 aliphatic rings. The molecule has 0 spiro atoms. The molecular formula is C17H24O. The van der Waals surface area contributed by atoms with Gasteiger partial charge in [0.25, 0.3) is 0 Å². The topological polar surface area (TPSA) is 9.23 Å². The lowest BCUT2D eigenvalue weighted by molar-refractivity contribution is 0.397. The number of hydrogen-bond donors (Lipinski definition) is 0. The minimum absolute atomic E-state index is 0.0948. The average Bonchev–Trinajstić information content (AvgIpc) is 2.34. The fraction of sp³-hybridized carbons (Fsp3) is 0.529. The quantitative estimate of drug-likeness (QED) is 0.711. The van der Waals surface area contributed by atoms with Crippen molar-refractivity contribution in [2.45, 2.75) is 52.4 Å². The van der Waals surface area contributed by atoms with Crippen LogP contribution in [-0.2, 0) is 5.41 Å². The molecule has 1 nitrogen and oxygen atoms in total. The first-order valence-corrected chi connectivity index (χ1v) is 6.48. The van der Waals surface area contributed by atoms with Gasteiger partial charge in [-0.1, -0.05) is 39.8 Å². The molecule has 0 amide bonds. The lowest BCUT2D eigenvalue weighted by Gasteiger charge is -2.24. The molecule has 0 bridgehead atoms. The van der Waals surface area contributed by atoms with Gasteiger partial charge in [-0.25, -0.2) is 0 Å². The molecular weight excluding hydrogens is 220 g/mol. The zero-order chi connectivity index (χ0) is 13.8. The molecule has 1 unspecified atom stereocenters. The first kappa shape index (κ1) is 14.6. The predicted octanol–water partition coefficient (Wildman–Crippen LogP) is 4.51. The third-order valence-electron chi connectivity index (χ3n) is 3.19. The van der Waals surface area contributed by atoms with E-state index in [1.165, 1.54) is 11.1 Å². The van der Waals surface area contributed by atoms with Gasteiger partial charge in [-0.15, -0.1) is 11.8 Å². The van der Waals surface area contributed by atoms with E-state index in [9.17, 15) is 0 Å². The smallest absolute Gasteiger partial charge is 0.122 e. The molecule has 0 saturated heterocycles. The van der Waals surface area contributed by atoms with Crippen molar-refractivity contribution >= 4 is 0 Å². The molecule has 0 aliphatic heterocycles. The van der Waals surface area contributed by atoms with Gasteiger partial charge in [-0.3, -0.25) is 0 Å². The Hall–Kier alpha value is -1.42. The highest BCUT2D eigenvalue weighted by molar-refractivity contribution is 5.42. The van der Waals surface area contributed by atoms with Crippen molar-refractivity contribution in [3.05, 3.63) is 29.3 Å². The van der Waals surface area contributed by atoms with Gasteiger partial charge < -0.3 is 4.74 Å². The van der Waals surface area contributed by atoms with Crippen LogP contribution in [0.5, 0.6) is 5.75 Å². The van der Waals surface area contributed by atoms with Gasteiger partial charge in [-0.2, -0.15) is 0 Å². The monoisotopic (exact) mass is 244 g/mol. The summed E-state index contributed by atoms with van der Waals surface area (Å²) in [6.07, 6.45) is 0.909. The van der Waals surface area contributed by atoms with Gasteiger partial charge in [0.2, 0.25) is 0 Å². The van der Waals surface area contributed by atoms with Crippen LogP contribution in [0.25, 0.3) is 0 Å². The highest BCUT2D eigenvalue weighted by Gasteiger charge is 2.20. The maximum Gasteiger partial charge on any atom is 0.122 e. The standard InChI is InChI=1S/C17H24O/c1-7-8-9-13(2)14-10-11-16(18-6)15(12-14)17(3,4)5/h10-13H,9H2,1-6H3. The van der Waals surface area contributed by atoms with E-state index >= 15 is 0 Å². The summed E-state index contributed by atoms with van der Waals surface area (Å²) in [5, 5.41) is 0. The third kappa shape index (κ3) is 3.53. The van der Waals surface area contributed by atoms with Crippen LogP contribution in [0, 0.1) is 11.8 Å². The Bertz CT molecular complexity index is 455. The van der Waals surface area contributed by atoms with E-state index in [2.05, 4.69) is 57.7 Å². The largest absolute Gasteiger partial charge is 0.496 e. The van der Waals surface area contributed by atoms with E-state index in [-0.39, 0.29) is 5.41 Å². The van der Waals surface area contributed by atoms with Crippen LogP contribution in [0.1, 0.15) is 58.1 Å². The van der Waals surface area contributed by atoms with Gasteiger partial charge in [0, 0.05) is 6.42 Å². The normalized spacial score (nSPS) is 12.6. The van der Waals surface area contributed by atoms with Gasteiger partial charge in [0.05, 0.1) is 7.11 Å². The highest BCUT2D eigenvalue weighted by atomic mass is 16.5. The Morgan fingerprint density at radius 2 is 1.94 bits per heavy atom. The summed E-state index contributed by atoms with van der Waals surface area (Å²) in [6.45, 7) is 10.8. The fourth-order valence-electron chi connectivity index (χ4n) is 1.99. The third-order valence-corrected chi connectivity index (χ3v) is 3.19. The minimum Gasteiger partial charge on any atom is -0.496 e. The van der Waals surface area contributed by atoms with Gasteiger partial charge >= 0.3 is 0 Å². The number of hydrogen-bond acceptors (Lipinski definition) is 1. The molecule has 1 heteroatoms. The summed E-state index contributed by atoms with van der Waals surface area (Å²) >= 11 is 0. The zero-order valence-corrected chi connectivity index (χ0v) is 12.4. The molecule has 0 heterocycles. The van der Waals surface area contributed by atoms with Crippen LogP contribution < -0.4 is 4.74 Å². The van der Waals surface area contributed by atoms with Crippen molar-refractivity contribution < 1.29 is 4.74 Å². The Morgan fingerprint density at radius 1 is 1.28 bits per heavy atom. The maximum atomic E-state index is 5.46. The van der Waals surface area contributed by atoms with Crippen molar-refractivity contribution in [2.75, 3.05) is 7.11 Å². The van der Waals surface area contributed by atoms with Gasteiger partial charge in [0.1, 0.15) is 5.75 Å². The number of ether oxygens (including phenoxy) is 1. The Labute approximate surface area is 112 Å². The fourth-order valence-corrected chi connectivity index (χ4v) is 1.99. The van der Waals surface area contributed by atoms with Crippen LogP contribution in [0.2, 0.25) is 0 Å². The zero-order valence-electron chi connectivity index (χ0n) is 12.4. The van der Waals surface area contributed by atoms with Gasteiger partial charge in [-0.05, 0) is 35.4 Å². The van der Waals surface area contributed by atoms with Crippen LogP contribution in [0.15, 0.2) is 18.2 Å². The second-order valence-corrected chi connectivity index (χ2v) is 5.74. The van der Waals surface area contributed by atoms with Crippen LogP contribution in [0.4, 0.5) is 0 Å². The molecule has 98 valence electrons. The van der Waals surface area contributed by atoms with Crippen LogP contribution in [-0.4, -0.2) is 7.11 Å². The molecule has 18 heavy (non-hydrogen) atoms. The Morgan fingerprint density at radius 3 is 2.44 bits per heavy atom. The molecule has 0 aromatic heterocycles. The summed E-state index contributed by atoms with van der Waals surface area (Å²) in [5.74, 6) is 7.55. The second kappa shape index (κ2) is 5.96. The Balaban J connectivity index is 3.13. The SMILES string of the molecule is CC#CCC(C)c1ccc(OC)c(C(C)(C)C)c1. The van der Waals surface area contributed by atoms with E-state index < -0.39 is 0 Å². The summed E-state index contributed by atoms with van der Waals surface area (Å²) in [5.41, 5.74) is 2.69. The van der Waals surface area contributed by atoms with E-state index in [1.54, 1.807) is 7.11 Å². The van der Waals surface area contributed by atoms with Crippen LogP contribution >= 0.6 is 0 Å². The molecule has 1 aromatic rings. The molecule has 0 fully saturated rings. The highest BCUT2D eigenvalue weighted by Crippen LogP contribution is 2.34. The van der Waals surface area contributed by atoms with E-state index in [0.717, 1.165) is 12.2 Å². The minimum atomic E-state index is 0.0948.